The SMILES string of the molecule is CCCCN1C(=O)C(=O)N(CC(=O)Nc2sc(C(=O)OCC)c(C)c2C(=O)OCC)C1=O. The van der Waals surface area contributed by atoms with Gasteiger partial charge >= 0.3 is 29.8 Å². The molecule has 11 nitrogen and oxygen atoms in total. The molecule has 2 rings (SSSR count). The van der Waals surface area contributed by atoms with Crippen molar-refractivity contribution in [2.24, 2.45) is 0 Å². The Morgan fingerprint density at radius 1 is 0.938 bits per heavy atom. The van der Waals surface area contributed by atoms with Crippen molar-refractivity contribution in [3.05, 3.63) is 16.0 Å². The number of thiophene rings is 1. The highest BCUT2D eigenvalue weighted by atomic mass is 32.1. The van der Waals surface area contributed by atoms with Gasteiger partial charge in [-0.15, -0.1) is 11.3 Å². The van der Waals surface area contributed by atoms with Crippen LogP contribution in [0.25, 0.3) is 0 Å². The third-order valence-corrected chi connectivity index (χ3v) is 5.70. The summed E-state index contributed by atoms with van der Waals surface area (Å²) in [4.78, 5) is 75.3. The van der Waals surface area contributed by atoms with Gasteiger partial charge in [-0.25, -0.2) is 19.3 Å². The molecule has 0 aromatic carbocycles. The summed E-state index contributed by atoms with van der Waals surface area (Å²) in [6, 6.07) is -0.871. The quantitative estimate of drug-likeness (QED) is 0.313. The van der Waals surface area contributed by atoms with E-state index in [2.05, 4.69) is 5.32 Å². The molecule has 0 unspecified atom stereocenters. The van der Waals surface area contributed by atoms with Gasteiger partial charge in [-0.1, -0.05) is 13.3 Å². The van der Waals surface area contributed by atoms with Crippen molar-refractivity contribution in [3.8, 4) is 0 Å². The van der Waals surface area contributed by atoms with E-state index in [-0.39, 0.29) is 40.8 Å². The largest absolute Gasteiger partial charge is 0.462 e. The zero-order chi connectivity index (χ0) is 24.0. The smallest absolute Gasteiger partial charge is 0.348 e. The normalized spacial score (nSPS) is 13.6. The minimum absolute atomic E-state index is 0.0160. The van der Waals surface area contributed by atoms with Crippen LogP contribution in [-0.4, -0.2) is 71.8 Å². The fourth-order valence-electron chi connectivity index (χ4n) is 2.95. The van der Waals surface area contributed by atoms with Crippen molar-refractivity contribution in [2.75, 3.05) is 31.6 Å². The first kappa shape index (κ1) is 25.0. The summed E-state index contributed by atoms with van der Waals surface area (Å²) in [6.07, 6.45) is 1.24. The number of esters is 2. The number of ether oxygens (including phenoxy) is 2. The van der Waals surface area contributed by atoms with E-state index in [1.54, 1.807) is 13.8 Å². The van der Waals surface area contributed by atoms with Crippen molar-refractivity contribution in [1.29, 1.82) is 0 Å². The van der Waals surface area contributed by atoms with Gasteiger partial charge in [-0.2, -0.15) is 0 Å². The Labute approximate surface area is 188 Å². The predicted molar refractivity (Wildman–Crippen MR) is 113 cm³/mol. The Morgan fingerprint density at radius 3 is 2.12 bits per heavy atom. The minimum atomic E-state index is -1.10. The number of hydrogen-bond acceptors (Lipinski definition) is 9. The van der Waals surface area contributed by atoms with Crippen LogP contribution in [0, 0.1) is 6.92 Å². The number of rotatable bonds is 10. The van der Waals surface area contributed by atoms with Gasteiger partial charge < -0.3 is 14.8 Å². The molecule has 0 bridgehead atoms. The lowest BCUT2D eigenvalue weighted by molar-refractivity contribution is -0.143. The van der Waals surface area contributed by atoms with Crippen molar-refractivity contribution >= 4 is 52.0 Å². The molecule has 174 valence electrons. The molecule has 1 N–H and O–H groups in total. The van der Waals surface area contributed by atoms with Crippen LogP contribution in [0.4, 0.5) is 9.80 Å². The number of nitrogens with zero attached hydrogens (tertiary/aromatic N) is 2. The molecule has 1 aromatic heterocycles. The molecule has 1 aromatic rings. The highest BCUT2D eigenvalue weighted by Crippen LogP contribution is 2.34. The van der Waals surface area contributed by atoms with E-state index in [0.29, 0.717) is 17.7 Å². The van der Waals surface area contributed by atoms with Crippen molar-refractivity contribution < 1.29 is 38.2 Å². The third-order valence-electron chi connectivity index (χ3n) is 4.51. The van der Waals surface area contributed by atoms with E-state index >= 15 is 0 Å². The standard InChI is InChI=1S/C20H25N3O8S/c1-5-8-9-22-16(25)17(26)23(20(22)29)10-12(24)21-15-13(18(27)30-6-2)11(4)14(32-15)19(28)31-7-3/h5-10H2,1-4H3,(H,21,24). The molecular formula is C20H25N3O8S. The van der Waals surface area contributed by atoms with Gasteiger partial charge in [-0.05, 0) is 32.8 Å². The lowest BCUT2D eigenvalue weighted by atomic mass is 10.1. The summed E-state index contributed by atoms with van der Waals surface area (Å²) in [5.74, 6) is -4.31. The molecule has 0 aliphatic carbocycles. The Bertz CT molecular complexity index is 955. The molecule has 12 heteroatoms. The third kappa shape index (κ3) is 5.13. The number of hydrogen-bond donors (Lipinski definition) is 1. The summed E-state index contributed by atoms with van der Waals surface area (Å²) in [5.41, 5.74) is 0.254. The van der Waals surface area contributed by atoms with E-state index in [1.807, 2.05) is 6.92 Å². The zero-order valence-electron chi connectivity index (χ0n) is 18.3. The molecule has 1 saturated heterocycles. The van der Waals surface area contributed by atoms with Crippen LogP contribution in [0.3, 0.4) is 0 Å². The second-order valence-electron chi connectivity index (χ2n) is 6.73. The Morgan fingerprint density at radius 2 is 1.53 bits per heavy atom. The maximum absolute atomic E-state index is 12.6. The van der Waals surface area contributed by atoms with Gasteiger partial charge in [-0.3, -0.25) is 19.3 Å². The van der Waals surface area contributed by atoms with Gasteiger partial charge in [0.15, 0.2) is 0 Å². The second-order valence-corrected chi connectivity index (χ2v) is 7.75. The van der Waals surface area contributed by atoms with Crippen LogP contribution < -0.4 is 5.32 Å². The Kier molecular flexibility index (Phi) is 8.47. The number of carbonyl (C=O) groups excluding carboxylic acids is 6. The van der Waals surface area contributed by atoms with Gasteiger partial charge in [0.1, 0.15) is 16.4 Å². The van der Waals surface area contributed by atoms with Crippen LogP contribution in [0.5, 0.6) is 0 Å². The van der Waals surface area contributed by atoms with Crippen LogP contribution >= 0.6 is 11.3 Å². The highest BCUT2D eigenvalue weighted by molar-refractivity contribution is 7.18. The van der Waals surface area contributed by atoms with E-state index in [0.717, 1.165) is 16.2 Å². The first-order valence-electron chi connectivity index (χ1n) is 10.1. The molecule has 0 atom stereocenters. The maximum atomic E-state index is 12.6. The lowest BCUT2D eigenvalue weighted by Gasteiger charge is -2.15. The summed E-state index contributed by atoms with van der Waals surface area (Å²) in [6.45, 7) is 6.17. The Hall–Kier alpha value is -3.28. The topological polar surface area (TPSA) is 139 Å². The first-order chi connectivity index (χ1) is 15.2. The molecule has 1 aliphatic rings. The Balaban J connectivity index is 2.25. The number of anilines is 1. The number of carbonyl (C=O) groups is 6. The molecule has 1 aliphatic heterocycles. The van der Waals surface area contributed by atoms with E-state index in [4.69, 9.17) is 9.47 Å². The minimum Gasteiger partial charge on any atom is -0.462 e. The van der Waals surface area contributed by atoms with E-state index in [1.165, 1.54) is 6.92 Å². The summed E-state index contributed by atoms with van der Waals surface area (Å²) >= 11 is 0.815. The lowest BCUT2D eigenvalue weighted by Crippen LogP contribution is -2.39. The summed E-state index contributed by atoms with van der Waals surface area (Å²) in [5, 5.41) is 2.46. The summed E-state index contributed by atoms with van der Waals surface area (Å²) in [7, 11) is 0. The number of nitrogens with one attached hydrogen (secondary N) is 1. The van der Waals surface area contributed by atoms with Crippen molar-refractivity contribution in [2.45, 2.75) is 40.5 Å². The molecule has 32 heavy (non-hydrogen) atoms. The van der Waals surface area contributed by atoms with Crippen LogP contribution in [0.2, 0.25) is 0 Å². The number of imide groups is 2. The van der Waals surface area contributed by atoms with Crippen LogP contribution in [0.15, 0.2) is 0 Å². The molecular weight excluding hydrogens is 442 g/mol. The molecule has 2 heterocycles. The average Bonchev–Trinajstić information content (AvgIpc) is 3.16. The zero-order valence-corrected chi connectivity index (χ0v) is 19.1. The maximum Gasteiger partial charge on any atom is 0.348 e. The monoisotopic (exact) mass is 467 g/mol. The fraction of sp³-hybridized carbons (Fsp3) is 0.500. The molecule has 5 amide bonds. The first-order valence-corrected chi connectivity index (χ1v) is 10.9. The van der Waals surface area contributed by atoms with Gasteiger partial charge in [0.25, 0.3) is 0 Å². The highest BCUT2D eigenvalue weighted by Gasteiger charge is 2.44. The van der Waals surface area contributed by atoms with Gasteiger partial charge in [0.05, 0.1) is 18.8 Å². The van der Waals surface area contributed by atoms with Gasteiger partial charge in [0.2, 0.25) is 5.91 Å². The second kappa shape index (κ2) is 10.8. The number of urea groups is 1. The number of amides is 5. The molecule has 0 radical (unpaired) electrons. The molecule has 1 fully saturated rings. The van der Waals surface area contributed by atoms with Crippen LogP contribution in [0.1, 0.15) is 59.2 Å². The van der Waals surface area contributed by atoms with Crippen LogP contribution in [-0.2, 0) is 23.9 Å². The fourth-order valence-corrected chi connectivity index (χ4v) is 4.06. The molecule has 0 spiro atoms. The predicted octanol–water partition coefficient (Wildman–Crippen LogP) is 1.94. The summed E-state index contributed by atoms with van der Waals surface area (Å²) < 4.78 is 9.99. The number of unbranched alkanes of at least 4 members (excludes halogenated alkanes) is 1. The average molecular weight is 468 g/mol. The van der Waals surface area contributed by atoms with Crippen molar-refractivity contribution in [3.63, 3.8) is 0 Å². The van der Waals surface area contributed by atoms with Crippen molar-refractivity contribution in [1.82, 2.24) is 9.80 Å². The van der Waals surface area contributed by atoms with Gasteiger partial charge in [0, 0.05) is 6.54 Å². The van der Waals surface area contributed by atoms with E-state index < -0.39 is 42.2 Å². The van der Waals surface area contributed by atoms with E-state index in [9.17, 15) is 28.8 Å². The molecule has 0 saturated carbocycles.